The van der Waals surface area contributed by atoms with Crippen molar-refractivity contribution in [2.24, 2.45) is 0 Å². The van der Waals surface area contributed by atoms with Gasteiger partial charge < -0.3 is 15.1 Å². The molecule has 0 bridgehead atoms. The number of nitrogens with one attached hydrogen (secondary N) is 1. The van der Waals surface area contributed by atoms with Gasteiger partial charge in [-0.3, -0.25) is 0 Å². The standard InChI is InChI=1S/C17H21F2N5/c1-23-7-5-13(6-8-23)24(2)17-10-16(20-11-21-17)22-12-3-4-14(18)15(19)9-12/h3-4,9-11,13H,5-8H2,1-2H3,(H,20,21,22). The zero-order valence-electron chi connectivity index (χ0n) is 13.8. The second-order valence-corrected chi connectivity index (χ2v) is 6.16. The van der Waals surface area contributed by atoms with Crippen molar-refractivity contribution in [2.45, 2.75) is 18.9 Å². The summed E-state index contributed by atoms with van der Waals surface area (Å²) in [6, 6.07) is 5.93. The predicted octanol–water partition coefficient (Wildman–Crippen LogP) is 3.03. The van der Waals surface area contributed by atoms with Crippen molar-refractivity contribution in [3.05, 3.63) is 42.2 Å². The van der Waals surface area contributed by atoms with E-state index in [1.165, 1.54) is 12.4 Å². The third-order valence-electron chi connectivity index (χ3n) is 4.44. The normalized spacial score (nSPS) is 16.2. The van der Waals surface area contributed by atoms with Crippen LogP contribution in [0.15, 0.2) is 30.6 Å². The molecule has 1 aliphatic heterocycles. The molecule has 1 aromatic carbocycles. The molecule has 0 amide bonds. The number of halogens is 2. The number of anilines is 3. The summed E-state index contributed by atoms with van der Waals surface area (Å²) in [5.74, 6) is -0.404. The molecule has 0 aliphatic carbocycles. The van der Waals surface area contributed by atoms with Crippen molar-refractivity contribution in [3.63, 3.8) is 0 Å². The Bertz CT molecular complexity index is 701. The summed E-state index contributed by atoms with van der Waals surface area (Å²) in [6.45, 7) is 2.14. The van der Waals surface area contributed by atoms with Gasteiger partial charge in [0.2, 0.25) is 0 Å². The second kappa shape index (κ2) is 7.09. The van der Waals surface area contributed by atoms with E-state index >= 15 is 0 Å². The van der Waals surface area contributed by atoms with E-state index in [-0.39, 0.29) is 0 Å². The van der Waals surface area contributed by atoms with E-state index < -0.39 is 11.6 Å². The van der Waals surface area contributed by atoms with E-state index in [9.17, 15) is 8.78 Å². The first-order chi connectivity index (χ1) is 11.5. The molecule has 1 saturated heterocycles. The van der Waals surface area contributed by atoms with Crippen LogP contribution < -0.4 is 10.2 Å². The van der Waals surface area contributed by atoms with Crippen molar-refractivity contribution in [1.29, 1.82) is 0 Å². The highest BCUT2D eigenvalue weighted by atomic mass is 19.2. The Labute approximate surface area is 140 Å². The van der Waals surface area contributed by atoms with Gasteiger partial charge in [0.1, 0.15) is 18.0 Å². The van der Waals surface area contributed by atoms with Crippen LogP contribution in [0.2, 0.25) is 0 Å². The number of rotatable bonds is 4. The Morgan fingerprint density at radius 3 is 2.58 bits per heavy atom. The number of hydrogen-bond donors (Lipinski definition) is 1. The molecule has 3 rings (SSSR count). The third-order valence-corrected chi connectivity index (χ3v) is 4.44. The first kappa shape index (κ1) is 16.6. The minimum atomic E-state index is -0.891. The lowest BCUT2D eigenvalue weighted by Gasteiger charge is -2.35. The fraction of sp³-hybridized carbons (Fsp3) is 0.412. The first-order valence-electron chi connectivity index (χ1n) is 7.98. The van der Waals surface area contributed by atoms with Gasteiger partial charge in [0.15, 0.2) is 11.6 Å². The first-order valence-corrected chi connectivity index (χ1v) is 7.98. The van der Waals surface area contributed by atoms with Crippen LogP contribution in [0.4, 0.5) is 26.1 Å². The molecule has 1 N–H and O–H groups in total. The smallest absolute Gasteiger partial charge is 0.160 e. The molecular formula is C17H21F2N5. The van der Waals surface area contributed by atoms with Gasteiger partial charge >= 0.3 is 0 Å². The summed E-state index contributed by atoms with van der Waals surface area (Å²) in [5.41, 5.74) is 0.445. The quantitative estimate of drug-likeness (QED) is 0.932. The van der Waals surface area contributed by atoms with Crippen LogP contribution in [0, 0.1) is 11.6 Å². The average molecular weight is 333 g/mol. The fourth-order valence-corrected chi connectivity index (χ4v) is 2.90. The zero-order valence-corrected chi connectivity index (χ0v) is 13.8. The molecule has 7 heteroatoms. The lowest BCUT2D eigenvalue weighted by atomic mass is 10.0. The van der Waals surface area contributed by atoms with Crippen molar-refractivity contribution >= 4 is 17.3 Å². The molecule has 0 spiro atoms. The van der Waals surface area contributed by atoms with Gasteiger partial charge in [-0.15, -0.1) is 0 Å². The topological polar surface area (TPSA) is 44.3 Å². The highest BCUT2D eigenvalue weighted by Gasteiger charge is 2.21. The van der Waals surface area contributed by atoms with Gasteiger partial charge in [-0.1, -0.05) is 0 Å². The minimum absolute atomic E-state index is 0.437. The Morgan fingerprint density at radius 1 is 1.12 bits per heavy atom. The molecule has 2 aromatic rings. The van der Waals surface area contributed by atoms with E-state index in [4.69, 9.17) is 0 Å². The van der Waals surface area contributed by atoms with E-state index in [0.29, 0.717) is 17.5 Å². The molecular weight excluding hydrogens is 312 g/mol. The predicted molar refractivity (Wildman–Crippen MR) is 90.6 cm³/mol. The maximum absolute atomic E-state index is 13.3. The molecule has 0 unspecified atom stereocenters. The molecule has 0 saturated carbocycles. The Kier molecular flexibility index (Phi) is 4.89. The monoisotopic (exact) mass is 333 g/mol. The number of piperidine rings is 1. The Balaban J connectivity index is 1.72. The SMILES string of the molecule is CN1CCC(N(C)c2cc(Nc3ccc(F)c(F)c3)ncn2)CC1. The molecule has 2 heterocycles. The van der Waals surface area contributed by atoms with Gasteiger partial charge in [-0.2, -0.15) is 0 Å². The van der Waals surface area contributed by atoms with Crippen molar-refractivity contribution in [2.75, 3.05) is 37.4 Å². The van der Waals surface area contributed by atoms with E-state index in [2.05, 4.69) is 32.1 Å². The summed E-state index contributed by atoms with van der Waals surface area (Å²) in [5, 5.41) is 2.98. The van der Waals surface area contributed by atoms with Gasteiger partial charge in [0.05, 0.1) is 0 Å². The van der Waals surface area contributed by atoms with Crippen molar-refractivity contribution < 1.29 is 8.78 Å². The van der Waals surface area contributed by atoms with Crippen LogP contribution in [0.3, 0.4) is 0 Å². The van der Waals surface area contributed by atoms with Crippen molar-refractivity contribution in [1.82, 2.24) is 14.9 Å². The van der Waals surface area contributed by atoms with Crippen LogP contribution in [0.1, 0.15) is 12.8 Å². The largest absolute Gasteiger partial charge is 0.356 e. The molecule has 1 aromatic heterocycles. The highest BCUT2D eigenvalue weighted by molar-refractivity contribution is 5.59. The lowest BCUT2D eigenvalue weighted by Crippen LogP contribution is -2.42. The molecule has 128 valence electrons. The number of aromatic nitrogens is 2. The molecule has 1 aliphatic rings. The Hall–Kier alpha value is -2.28. The lowest BCUT2D eigenvalue weighted by molar-refractivity contribution is 0.252. The maximum Gasteiger partial charge on any atom is 0.160 e. The van der Waals surface area contributed by atoms with E-state index in [1.54, 1.807) is 0 Å². The van der Waals surface area contributed by atoms with Crippen molar-refractivity contribution in [3.8, 4) is 0 Å². The van der Waals surface area contributed by atoms with Crippen LogP contribution >= 0.6 is 0 Å². The molecule has 0 atom stereocenters. The van der Waals surface area contributed by atoms with Gasteiger partial charge in [0, 0.05) is 30.9 Å². The summed E-state index contributed by atoms with van der Waals surface area (Å²) < 4.78 is 26.3. The second-order valence-electron chi connectivity index (χ2n) is 6.16. The van der Waals surface area contributed by atoms with Gasteiger partial charge in [-0.25, -0.2) is 18.7 Å². The zero-order chi connectivity index (χ0) is 17.1. The number of likely N-dealkylation sites (tertiary alicyclic amines) is 1. The number of nitrogens with zero attached hydrogens (tertiary/aromatic N) is 4. The fourth-order valence-electron chi connectivity index (χ4n) is 2.90. The van der Waals surface area contributed by atoms with E-state index in [0.717, 1.165) is 43.9 Å². The summed E-state index contributed by atoms with van der Waals surface area (Å²) in [6.07, 6.45) is 3.65. The summed E-state index contributed by atoms with van der Waals surface area (Å²) in [7, 11) is 4.16. The maximum atomic E-state index is 13.3. The van der Waals surface area contributed by atoms with Crippen LogP contribution in [0.25, 0.3) is 0 Å². The van der Waals surface area contributed by atoms with Crippen LogP contribution in [-0.4, -0.2) is 48.1 Å². The van der Waals surface area contributed by atoms with Crippen LogP contribution in [-0.2, 0) is 0 Å². The van der Waals surface area contributed by atoms with Gasteiger partial charge in [-0.05, 0) is 45.1 Å². The molecule has 1 fully saturated rings. The molecule has 5 nitrogen and oxygen atoms in total. The third kappa shape index (κ3) is 3.79. The van der Waals surface area contributed by atoms with E-state index in [1.807, 2.05) is 13.1 Å². The summed E-state index contributed by atoms with van der Waals surface area (Å²) >= 11 is 0. The van der Waals surface area contributed by atoms with Gasteiger partial charge in [0.25, 0.3) is 0 Å². The number of hydrogen-bond acceptors (Lipinski definition) is 5. The molecule has 24 heavy (non-hydrogen) atoms. The average Bonchev–Trinajstić information content (AvgIpc) is 2.58. The van der Waals surface area contributed by atoms with Crippen LogP contribution in [0.5, 0.6) is 0 Å². The molecule has 0 radical (unpaired) electrons. The summed E-state index contributed by atoms with van der Waals surface area (Å²) in [4.78, 5) is 13.0. The minimum Gasteiger partial charge on any atom is -0.356 e. The Morgan fingerprint density at radius 2 is 1.88 bits per heavy atom. The highest BCUT2D eigenvalue weighted by Crippen LogP contribution is 2.23. The number of benzene rings is 1.